The monoisotopic (exact) mass is 608 g/mol. The largest absolute Gasteiger partial charge is 0.490 e. The molecule has 0 bridgehead atoms. The molecule has 1 aliphatic rings. The van der Waals surface area contributed by atoms with Crippen LogP contribution in [0.15, 0.2) is 59.8 Å². The van der Waals surface area contributed by atoms with Gasteiger partial charge in [0.2, 0.25) is 7.28 Å². The molecule has 0 aliphatic heterocycles. The first-order valence-electron chi connectivity index (χ1n) is 13.7. The molecule has 0 radical (unpaired) electrons. The lowest BCUT2D eigenvalue weighted by molar-refractivity contribution is 0.0470. The first kappa shape index (κ1) is 31.4. The van der Waals surface area contributed by atoms with E-state index in [0.29, 0.717) is 27.6 Å². The Morgan fingerprint density at radius 2 is 1.81 bits per heavy atom. The lowest BCUT2D eigenvalue weighted by Gasteiger charge is -2.31. The molecule has 0 spiro atoms. The third kappa shape index (κ3) is 8.97. The molecule has 220 valence electrons. The summed E-state index contributed by atoms with van der Waals surface area (Å²) in [4.78, 5) is 48.1. The number of pyridine rings is 2. The number of halogens is 1. The molecule has 2 N–H and O–H groups in total. The molecular weight excluding hydrogens is 575 g/mol. The van der Waals surface area contributed by atoms with E-state index in [0.717, 1.165) is 30.6 Å². The van der Waals surface area contributed by atoms with Crippen molar-refractivity contribution in [3.63, 3.8) is 0 Å². The van der Waals surface area contributed by atoms with E-state index in [4.69, 9.17) is 21.1 Å². The van der Waals surface area contributed by atoms with Gasteiger partial charge in [-0.3, -0.25) is 9.78 Å². The van der Waals surface area contributed by atoms with Gasteiger partial charge in [-0.05, 0) is 94.6 Å². The molecule has 0 atom stereocenters. The van der Waals surface area contributed by atoms with Crippen molar-refractivity contribution >= 4 is 59.6 Å². The van der Waals surface area contributed by atoms with Crippen LogP contribution in [0.25, 0.3) is 0 Å². The molecule has 12 heteroatoms. The van der Waals surface area contributed by atoms with Crippen molar-refractivity contribution in [2.45, 2.75) is 69.1 Å². The van der Waals surface area contributed by atoms with Crippen LogP contribution in [0.4, 0.5) is 10.6 Å². The number of hydrogen-bond acceptors (Lipinski definition) is 8. The standard InChI is InChI=1S/C30H34BClN4O5S/c1-30(2,3)41-29(39)35-19-8-10-20(11-9-19)40-24-16-21(42-4)12-13-22(24)27(37)31-23-6-5-15-33-26(23)28(38)36-25-14-7-18(32)17-34-25/h5-7,12-17,19-20,31H,8-11H2,1-4H3,(H,35,39)(H,34,36,38). The van der Waals surface area contributed by atoms with Crippen molar-refractivity contribution < 1.29 is 23.9 Å². The predicted molar refractivity (Wildman–Crippen MR) is 167 cm³/mol. The second-order valence-corrected chi connectivity index (χ2v) is 12.3. The number of anilines is 1. The van der Waals surface area contributed by atoms with Gasteiger partial charge in [-0.15, -0.1) is 11.8 Å². The Morgan fingerprint density at radius 3 is 2.48 bits per heavy atom. The van der Waals surface area contributed by atoms with E-state index in [-0.39, 0.29) is 30.8 Å². The second-order valence-electron chi connectivity index (χ2n) is 11.0. The summed E-state index contributed by atoms with van der Waals surface area (Å²) in [6.07, 6.45) is 7.32. The number of rotatable bonds is 9. The van der Waals surface area contributed by atoms with Crippen LogP contribution < -0.4 is 20.8 Å². The summed E-state index contributed by atoms with van der Waals surface area (Å²) in [6, 6.07) is 12.2. The van der Waals surface area contributed by atoms with Crippen LogP contribution >= 0.6 is 23.4 Å². The quantitative estimate of drug-likeness (QED) is 0.251. The van der Waals surface area contributed by atoms with Crippen molar-refractivity contribution in [2.24, 2.45) is 0 Å². The topological polar surface area (TPSA) is 120 Å². The van der Waals surface area contributed by atoms with Crippen LogP contribution in [0.3, 0.4) is 0 Å². The molecule has 42 heavy (non-hydrogen) atoms. The Hall–Kier alpha value is -3.57. The average molecular weight is 609 g/mol. The van der Waals surface area contributed by atoms with Gasteiger partial charge in [0, 0.05) is 28.9 Å². The molecule has 0 saturated heterocycles. The molecule has 2 aromatic heterocycles. The number of carbonyl (C=O) groups is 3. The molecule has 2 amide bonds. The maximum absolute atomic E-state index is 13.6. The normalized spacial score (nSPS) is 16.7. The molecule has 4 rings (SSSR count). The molecule has 9 nitrogen and oxygen atoms in total. The van der Waals surface area contributed by atoms with Gasteiger partial charge in [0.1, 0.15) is 28.5 Å². The van der Waals surface area contributed by atoms with E-state index >= 15 is 0 Å². The Balaban J connectivity index is 1.43. The zero-order valence-corrected chi connectivity index (χ0v) is 25.7. The fourth-order valence-electron chi connectivity index (χ4n) is 4.62. The predicted octanol–water partition coefficient (Wildman–Crippen LogP) is 5.22. The van der Waals surface area contributed by atoms with Crippen molar-refractivity contribution in [3.8, 4) is 5.75 Å². The number of ether oxygens (including phenoxy) is 2. The maximum atomic E-state index is 13.6. The Morgan fingerprint density at radius 1 is 1.05 bits per heavy atom. The lowest BCUT2D eigenvalue weighted by atomic mass is 9.63. The van der Waals surface area contributed by atoms with E-state index in [1.165, 1.54) is 12.4 Å². The van der Waals surface area contributed by atoms with Gasteiger partial charge in [0.05, 0.1) is 11.1 Å². The molecular formula is C30H34BClN4O5S. The number of alkyl carbamates (subject to hydrolysis) is 1. The summed E-state index contributed by atoms with van der Waals surface area (Å²) < 4.78 is 11.8. The molecule has 1 fully saturated rings. The van der Waals surface area contributed by atoms with E-state index in [1.807, 2.05) is 39.2 Å². The minimum Gasteiger partial charge on any atom is -0.490 e. The summed E-state index contributed by atoms with van der Waals surface area (Å²) in [7, 11) is -0.0356. The fourth-order valence-corrected chi connectivity index (χ4v) is 5.16. The average Bonchev–Trinajstić information content (AvgIpc) is 2.94. The fraction of sp³-hybridized carbons (Fsp3) is 0.367. The summed E-state index contributed by atoms with van der Waals surface area (Å²) in [5, 5.41) is 6.10. The molecule has 2 heterocycles. The highest BCUT2D eigenvalue weighted by Gasteiger charge is 2.27. The minimum absolute atomic E-state index is 0.0107. The van der Waals surface area contributed by atoms with Gasteiger partial charge in [0.25, 0.3) is 5.91 Å². The number of nitrogens with zero attached hydrogens (tertiary/aromatic N) is 2. The maximum Gasteiger partial charge on any atom is 0.407 e. The third-order valence-corrected chi connectivity index (χ3v) is 7.55. The van der Waals surface area contributed by atoms with Crippen molar-refractivity contribution in [2.75, 3.05) is 11.6 Å². The smallest absolute Gasteiger partial charge is 0.407 e. The van der Waals surface area contributed by atoms with Crippen LogP contribution in [-0.4, -0.2) is 58.9 Å². The van der Waals surface area contributed by atoms with Gasteiger partial charge in [0.15, 0.2) is 0 Å². The zero-order valence-electron chi connectivity index (χ0n) is 24.1. The SMILES string of the molecule is CSc1ccc(C(=O)Bc2cccnc2C(=O)Nc2ccc(Cl)cn2)c(OC2CCC(NC(=O)OC(C)(C)C)CC2)c1. The van der Waals surface area contributed by atoms with Crippen molar-refractivity contribution in [1.29, 1.82) is 0 Å². The highest BCUT2D eigenvalue weighted by molar-refractivity contribution is 7.98. The number of carbonyl (C=O) groups excluding carboxylic acids is 3. The van der Waals surface area contributed by atoms with Gasteiger partial charge in [-0.2, -0.15) is 0 Å². The third-order valence-electron chi connectivity index (χ3n) is 6.60. The number of nitrogens with one attached hydrogen (secondary N) is 2. The molecule has 1 aliphatic carbocycles. The number of amides is 2. The van der Waals surface area contributed by atoms with Gasteiger partial charge < -0.3 is 24.9 Å². The molecule has 1 saturated carbocycles. The summed E-state index contributed by atoms with van der Waals surface area (Å²) in [5.74, 6) is 0.363. The van der Waals surface area contributed by atoms with Gasteiger partial charge in [-0.1, -0.05) is 17.7 Å². The van der Waals surface area contributed by atoms with E-state index in [1.54, 1.807) is 42.1 Å². The number of aromatic nitrogens is 2. The number of thioether (sulfide) groups is 1. The van der Waals surface area contributed by atoms with Crippen LogP contribution in [-0.2, 0) is 4.74 Å². The highest BCUT2D eigenvalue weighted by Crippen LogP contribution is 2.30. The summed E-state index contributed by atoms with van der Waals surface area (Å²) in [6.45, 7) is 5.50. The van der Waals surface area contributed by atoms with Crippen LogP contribution in [0, 0.1) is 0 Å². The molecule has 3 aromatic rings. The van der Waals surface area contributed by atoms with Gasteiger partial charge >= 0.3 is 6.09 Å². The van der Waals surface area contributed by atoms with Crippen LogP contribution in [0.5, 0.6) is 5.75 Å². The van der Waals surface area contributed by atoms with E-state index in [9.17, 15) is 14.4 Å². The van der Waals surface area contributed by atoms with Crippen molar-refractivity contribution in [1.82, 2.24) is 15.3 Å². The second kappa shape index (κ2) is 14.1. The van der Waals surface area contributed by atoms with Crippen LogP contribution in [0.2, 0.25) is 5.02 Å². The summed E-state index contributed by atoms with van der Waals surface area (Å²) >= 11 is 7.45. The Kier molecular flexibility index (Phi) is 10.5. The van der Waals surface area contributed by atoms with Crippen molar-refractivity contribution in [3.05, 3.63) is 71.1 Å². The minimum atomic E-state index is -0.552. The Bertz CT molecular complexity index is 1430. The highest BCUT2D eigenvalue weighted by atomic mass is 35.5. The number of benzene rings is 1. The first-order valence-corrected chi connectivity index (χ1v) is 15.3. The molecule has 1 aromatic carbocycles. The first-order chi connectivity index (χ1) is 20.0. The van der Waals surface area contributed by atoms with Gasteiger partial charge in [-0.25, -0.2) is 9.78 Å². The zero-order chi connectivity index (χ0) is 30.3. The van der Waals surface area contributed by atoms with E-state index < -0.39 is 17.6 Å². The lowest BCUT2D eigenvalue weighted by Crippen LogP contribution is -2.42. The number of hydrogen-bond donors (Lipinski definition) is 2. The summed E-state index contributed by atoms with van der Waals surface area (Å²) in [5.41, 5.74) is 0.328. The van der Waals surface area contributed by atoms with Crippen LogP contribution in [0.1, 0.15) is 67.3 Å². The molecule has 0 unspecified atom stereocenters. The Labute approximate surface area is 255 Å². The van der Waals surface area contributed by atoms with E-state index in [2.05, 4.69) is 20.6 Å².